The molecule has 0 unspecified atom stereocenters. The van der Waals surface area contributed by atoms with Gasteiger partial charge in [-0.1, -0.05) is 36.3 Å². The van der Waals surface area contributed by atoms with E-state index < -0.39 is 23.6 Å². The molecule has 36 heavy (non-hydrogen) atoms. The van der Waals surface area contributed by atoms with Gasteiger partial charge in [0.1, 0.15) is 5.60 Å². The van der Waals surface area contributed by atoms with Crippen molar-refractivity contribution < 1.29 is 27.5 Å². The first-order valence-electron chi connectivity index (χ1n) is 11.6. The molecular formula is C25H28ClF3N4O3. The number of alkyl halides is 3. The molecule has 0 spiro atoms. The highest BCUT2D eigenvalue weighted by Gasteiger charge is 2.53. The molecule has 2 aliphatic rings. The summed E-state index contributed by atoms with van der Waals surface area (Å²) in [5.74, 6) is 1.08. The summed E-state index contributed by atoms with van der Waals surface area (Å²) in [7, 11) is 0. The van der Waals surface area contributed by atoms with Gasteiger partial charge < -0.3 is 19.7 Å². The van der Waals surface area contributed by atoms with Crippen molar-refractivity contribution in [3.8, 4) is 11.4 Å². The zero-order valence-corrected chi connectivity index (χ0v) is 20.5. The zero-order chi connectivity index (χ0) is 24.7. The third-order valence-corrected chi connectivity index (χ3v) is 7.11. The number of pyridine rings is 1. The Balaban J connectivity index is 0.00000304. The number of benzene rings is 1. The van der Waals surface area contributed by atoms with Crippen LogP contribution < -0.4 is 5.32 Å². The molecule has 7 nitrogen and oxygen atoms in total. The number of halogens is 4. The first-order chi connectivity index (χ1) is 16.7. The monoisotopic (exact) mass is 524 g/mol. The number of hydrogen-bond acceptors (Lipinski definition) is 7. The van der Waals surface area contributed by atoms with Gasteiger partial charge in [0.15, 0.2) is 0 Å². The van der Waals surface area contributed by atoms with Crippen LogP contribution >= 0.6 is 12.4 Å². The summed E-state index contributed by atoms with van der Waals surface area (Å²) in [6.07, 6.45) is -0.500. The van der Waals surface area contributed by atoms with Crippen LogP contribution in [0.25, 0.3) is 11.4 Å². The first kappa shape index (κ1) is 26.5. The Labute approximate surface area is 212 Å². The van der Waals surface area contributed by atoms with E-state index >= 15 is 0 Å². The van der Waals surface area contributed by atoms with Gasteiger partial charge in [0.25, 0.3) is 0 Å². The summed E-state index contributed by atoms with van der Waals surface area (Å²) in [6, 6.07) is 7.74. The molecule has 194 valence electrons. The predicted molar refractivity (Wildman–Crippen MR) is 128 cm³/mol. The third kappa shape index (κ3) is 5.00. The molecule has 0 aliphatic carbocycles. The van der Waals surface area contributed by atoms with E-state index in [1.807, 2.05) is 6.92 Å². The molecule has 5 rings (SSSR count). The number of ether oxygens (including phenoxy) is 1. The first-order valence-corrected chi connectivity index (χ1v) is 11.6. The van der Waals surface area contributed by atoms with Gasteiger partial charge >= 0.3 is 6.18 Å². The van der Waals surface area contributed by atoms with Crippen LogP contribution in [0, 0.1) is 5.41 Å². The van der Waals surface area contributed by atoms with Gasteiger partial charge in [0, 0.05) is 61.2 Å². The van der Waals surface area contributed by atoms with Crippen LogP contribution in [-0.4, -0.2) is 52.7 Å². The summed E-state index contributed by atoms with van der Waals surface area (Å²) in [4.78, 5) is 8.91. The molecule has 0 saturated carbocycles. The quantitative estimate of drug-likeness (QED) is 0.494. The van der Waals surface area contributed by atoms with Gasteiger partial charge in [-0.05, 0) is 30.0 Å². The lowest BCUT2D eigenvalue weighted by atomic mass is 9.63. The molecule has 3 aromatic rings. The Bertz CT molecular complexity index is 1180. The molecule has 0 radical (unpaired) electrons. The van der Waals surface area contributed by atoms with Crippen molar-refractivity contribution in [2.45, 2.75) is 43.9 Å². The van der Waals surface area contributed by atoms with E-state index in [0.717, 1.165) is 12.8 Å². The molecule has 11 heteroatoms. The van der Waals surface area contributed by atoms with E-state index in [0.29, 0.717) is 54.7 Å². The Morgan fingerprint density at radius 1 is 1.08 bits per heavy atom. The van der Waals surface area contributed by atoms with Crippen LogP contribution in [0.2, 0.25) is 0 Å². The Hall–Kier alpha value is -2.53. The SMILES string of the molecule is CC1([C@](O)(c2ccc(CC(F)(F)F)cc2)c2cncc(-c3noc(C4CCOCC4)n3)c2)CNC1.Cl. The molecule has 2 N–H and O–H groups in total. The van der Waals surface area contributed by atoms with Crippen molar-refractivity contribution in [1.82, 2.24) is 20.4 Å². The Kier molecular flexibility index (Phi) is 7.43. The lowest BCUT2D eigenvalue weighted by Crippen LogP contribution is -2.63. The second-order valence-electron chi connectivity index (χ2n) is 9.67. The summed E-state index contributed by atoms with van der Waals surface area (Å²) in [6.45, 7) is 4.32. The maximum absolute atomic E-state index is 12.8. The van der Waals surface area contributed by atoms with Gasteiger partial charge in [-0.3, -0.25) is 4.98 Å². The van der Waals surface area contributed by atoms with Crippen molar-refractivity contribution in [3.05, 3.63) is 65.3 Å². The number of nitrogens with zero attached hydrogens (tertiary/aromatic N) is 3. The minimum Gasteiger partial charge on any atom is -0.381 e. The van der Waals surface area contributed by atoms with Gasteiger partial charge in [0.2, 0.25) is 11.7 Å². The summed E-state index contributed by atoms with van der Waals surface area (Å²) in [5, 5.41) is 19.5. The highest BCUT2D eigenvalue weighted by Crippen LogP contribution is 2.48. The molecule has 2 saturated heterocycles. The van der Waals surface area contributed by atoms with Gasteiger partial charge in [0.05, 0.1) is 6.42 Å². The van der Waals surface area contributed by atoms with Crippen molar-refractivity contribution >= 4 is 12.4 Å². The normalized spacial score (nSPS) is 19.7. The highest BCUT2D eigenvalue weighted by atomic mass is 35.5. The average molecular weight is 525 g/mol. The lowest BCUT2D eigenvalue weighted by molar-refractivity contribution is -0.127. The maximum atomic E-state index is 12.8. The van der Waals surface area contributed by atoms with Gasteiger partial charge in [-0.2, -0.15) is 18.2 Å². The average Bonchev–Trinajstić information content (AvgIpc) is 3.33. The maximum Gasteiger partial charge on any atom is 0.393 e. The van der Waals surface area contributed by atoms with Gasteiger partial charge in [-0.25, -0.2) is 0 Å². The van der Waals surface area contributed by atoms with Crippen LogP contribution in [0.5, 0.6) is 0 Å². The Morgan fingerprint density at radius 2 is 1.78 bits per heavy atom. The topological polar surface area (TPSA) is 93.3 Å². The molecular weight excluding hydrogens is 497 g/mol. The second-order valence-corrected chi connectivity index (χ2v) is 9.67. The highest BCUT2D eigenvalue weighted by molar-refractivity contribution is 5.85. The number of hydrogen-bond donors (Lipinski definition) is 2. The molecule has 4 heterocycles. The fraction of sp³-hybridized carbons (Fsp3) is 0.480. The Morgan fingerprint density at radius 3 is 2.39 bits per heavy atom. The van der Waals surface area contributed by atoms with Crippen molar-refractivity contribution in [2.24, 2.45) is 5.41 Å². The summed E-state index contributed by atoms with van der Waals surface area (Å²) in [5.41, 5.74) is -0.344. The van der Waals surface area contributed by atoms with Crippen LogP contribution in [-0.2, 0) is 16.8 Å². The standard InChI is InChI=1S/C25H27F3N4O3.ClH/c1-23(14-30-15-23)25(33,19-4-2-16(3-5-19)11-24(26,27)28)20-10-18(12-29-13-20)21-31-22(35-32-21)17-6-8-34-9-7-17;/h2-5,10,12-13,17,30,33H,6-9,11,14-15H2,1H3;1H/t25-;/m0./s1. The number of aliphatic hydroxyl groups is 1. The van der Waals surface area contributed by atoms with Crippen molar-refractivity contribution in [3.63, 3.8) is 0 Å². The molecule has 0 bridgehead atoms. The predicted octanol–water partition coefficient (Wildman–Crippen LogP) is 4.40. The minimum atomic E-state index is -4.30. The second kappa shape index (κ2) is 10.1. The van der Waals surface area contributed by atoms with E-state index in [4.69, 9.17) is 9.26 Å². The smallest absolute Gasteiger partial charge is 0.381 e. The third-order valence-electron chi connectivity index (χ3n) is 7.11. The molecule has 2 aromatic heterocycles. The molecule has 2 fully saturated rings. The van der Waals surface area contributed by atoms with Crippen molar-refractivity contribution in [1.29, 1.82) is 0 Å². The van der Waals surface area contributed by atoms with Crippen molar-refractivity contribution in [2.75, 3.05) is 26.3 Å². The largest absolute Gasteiger partial charge is 0.393 e. The van der Waals surface area contributed by atoms with E-state index in [1.165, 1.54) is 12.1 Å². The van der Waals surface area contributed by atoms with E-state index in [2.05, 4.69) is 20.4 Å². The van der Waals surface area contributed by atoms with Crippen LogP contribution in [0.3, 0.4) is 0 Å². The molecule has 1 atom stereocenters. The van der Waals surface area contributed by atoms with Gasteiger partial charge in [-0.15, -0.1) is 12.4 Å². The summed E-state index contributed by atoms with van der Waals surface area (Å²) >= 11 is 0. The van der Waals surface area contributed by atoms with Crippen LogP contribution in [0.15, 0.2) is 47.2 Å². The van der Waals surface area contributed by atoms with Crippen LogP contribution in [0.1, 0.15) is 48.3 Å². The lowest BCUT2D eigenvalue weighted by Gasteiger charge is -2.52. The number of aromatic nitrogens is 3. The van der Waals surface area contributed by atoms with E-state index in [-0.39, 0.29) is 23.9 Å². The fourth-order valence-electron chi connectivity index (χ4n) is 4.94. The zero-order valence-electron chi connectivity index (χ0n) is 19.7. The summed E-state index contributed by atoms with van der Waals surface area (Å²) < 4.78 is 49.4. The van der Waals surface area contributed by atoms with E-state index in [9.17, 15) is 18.3 Å². The number of rotatable bonds is 6. The molecule has 1 aromatic carbocycles. The van der Waals surface area contributed by atoms with E-state index in [1.54, 1.807) is 30.6 Å². The van der Waals surface area contributed by atoms with Crippen LogP contribution in [0.4, 0.5) is 13.2 Å². The molecule has 2 aliphatic heterocycles. The molecule has 0 amide bonds. The fourth-order valence-corrected chi connectivity index (χ4v) is 4.94. The minimum absolute atomic E-state index is 0. The number of nitrogens with one attached hydrogen (secondary N) is 1.